The zero-order chi connectivity index (χ0) is 20.4. The molecule has 2 rings (SSSR count). The maximum Gasteiger partial charge on any atom is 0.331 e. The van der Waals surface area contributed by atoms with Gasteiger partial charge in [0, 0.05) is 29.9 Å². The normalized spacial score (nSPS) is 12.1. The average molecular weight is 377 g/mol. The van der Waals surface area contributed by atoms with E-state index < -0.39 is 12.1 Å². The third-order valence-corrected chi connectivity index (χ3v) is 3.81. The van der Waals surface area contributed by atoms with E-state index in [0.717, 1.165) is 17.5 Å². The molecule has 0 fully saturated rings. The van der Waals surface area contributed by atoms with Gasteiger partial charge in [0.2, 0.25) is 0 Å². The van der Waals surface area contributed by atoms with Gasteiger partial charge < -0.3 is 4.74 Å². The second kappa shape index (κ2) is 10.6. The summed E-state index contributed by atoms with van der Waals surface area (Å²) in [6.07, 6.45) is 4.87. The first-order valence-corrected chi connectivity index (χ1v) is 9.05. The Morgan fingerprint density at radius 3 is 1.93 bits per heavy atom. The van der Waals surface area contributed by atoms with Crippen molar-refractivity contribution in [1.29, 1.82) is 0 Å². The van der Waals surface area contributed by atoms with Gasteiger partial charge in [0.1, 0.15) is 6.10 Å². The molecule has 0 radical (unpaired) electrons. The van der Waals surface area contributed by atoms with Crippen molar-refractivity contribution < 1.29 is 19.1 Å². The fourth-order valence-corrected chi connectivity index (χ4v) is 2.39. The summed E-state index contributed by atoms with van der Waals surface area (Å²) in [6, 6.07) is 18.6. The first-order valence-electron chi connectivity index (χ1n) is 9.05. The Hall–Kier alpha value is -3.47. The number of hydrogen-bond acceptors (Lipinski definition) is 4. The molecule has 2 aromatic carbocycles. The van der Waals surface area contributed by atoms with Gasteiger partial charge in [-0.15, -0.1) is 0 Å². The first kappa shape index (κ1) is 20.8. The number of anilines is 2. The molecule has 1 atom stereocenters. The molecule has 0 unspecified atom stereocenters. The fraction of sp³-hybridized carbons (Fsp3) is 0.174. The molecule has 0 heterocycles. The van der Waals surface area contributed by atoms with Crippen molar-refractivity contribution in [2.45, 2.75) is 26.4 Å². The van der Waals surface area contributed by atoms with Gasteiger partial charge in [-0.25, -0.2) is 4.79 Å². The Balaban J connectivity index is 2.10. The number of para-hydroxylation sites is 2. The van der Waals surface area contributed by atoms with E-state index in [0.29, 0.717) is 6.42 Å². The monoisotopic (exact) mass is 377 g/mol. The van der Waals surface area contributed by atoms with Crippen LogP contribution in [0.4, 0.5) is 11.4 Å². The molecule has 0 spiro atoms. The summed E-state index contributed by atoms with van der Waals surface area (Å²) in [4.78, 5) is 37.3. The largest absolute Gasteiger partial charge is 0.455 e. The van der Waals surface area contributed by atoms with E-state index in [4.69, 9.17) is 4.74 Å². The van der Waals surface area contributed by atoms with Crippen molar-refractivity contribution in [2.75, 3.05) is 4.90 Å². The molecule has 5 nitrogen and oxygen atoms in total. The Bertz CT molecular complexity index is 817. The van der Waals surface area contributed by atoms with Gasteiger partial charge in [0.05, 0.1) is 0 Å². The van der Waals surface area contributed by atoms with Crippen LogP contribution in [-0.4, -0.2) is 23.8 Å². The van der Waals surface area contributed by atoms with Crippen LogP contribution in [0.1, 0.15) is 20.3 Å². The Labute approximate surface area is 164 Å². The third-order valence-electron chi connectivity index (χ3n) is 3.81. The number of rotatable bonds is 8. The lowest BCUT2D eigenvalue weighted by Crippen LogP contribution is -2.24. The minimum absolute atomic E-state index is 0.156. The summed E-state index contributed by atoms with van der Waals surface area (Å²) in [5, 5.41) is 0. The fourth-order valence-electron chi connectivity index (χ4n) is 2.39. The molecule has 0 aromatic heterocycles. The Morgan fingerprint density at radius 2 is 1.43 bits per heavy atom. The minimum Gasteiger partial charge on any atom is -0.455 e. The predicted molar refractivity (Wildman–Crippen MR) is 109 cm³/mol. The predicted octanol–water partition coefficient (Wildman–Crippen LogP) is 4.37. The lowest BCUT2D eigenvalue weighted by atomic mass is 10.2. The van der Waals surface area contributed by atoms with E-state index in [9.17, 15) is 14.4 Å². The molecule has 0 aliphatic carbocycles. The lowest BCUT2D eigenvalue weighted by molar-refractivity contribution is -0.140. The molecule has 5 heteroatoms. The molecule has 0 N–H and O–H groups in total. The summed E-state index contributed by atoms with van der Waals surface area (Å²) in [7, 11) is 0. The highest BCUT2D eigenvalue weighted by Crippen LogP contribution is 2.25. The average Bonchev–Trinajstić information content (AvgIpc) is 2.72. The van der Waals surface area contributed by atoms with E-state index in [-0.39, 0.29) is 11.7 Å². The SMILES string of the molecule is CCC(=O)/C=C/C(=O)O[C@H](C)/C=C/C(=O)N(c1ccccc1)c1ccccc1. The van der Waals surface area contributed by atoms with Crippen molar-refractivity contribution in [3.8, 4) is 0 Å². The number of ketones is 1. The van der Waals surface area contributed by atoms with Gasteiger partial charge in [-0.3, -0.25) is 14.5 Å². The molecular weight excluding hydrogens is 354 g/mol. The third kappa shape index (κ3) is 6.36. The van der Waals surface area contributed by atoms with Crippen molar-refractivity contribution >= 4 is 29.0 Å². The number of carbonyl (C=O) groups excluding carboxylic acids is 3. The number of allylic oxidation sites excluding steroid dienone is 1. The van der Waals surface area contributed by atoms with Crippen molar-refractivity contribution in [3.63, 3.8) is 0 Å². The lowest BCUT2D eigenvalue weighted by Gasteiger charge is -2.21. The van der Waals surface area contributed by atoms with Crippen LogP contribution in [0.2, 0.25) is 0 Å². The van der Waals surface area contributed by atoms with Gasteiger partial charge in [0.25, 0.3) is 5.91 Å². The molecule has 0 aliphatic rings. The summed E-state index contributed by atoms with van der Waals surface area (Å²) < 4.78 is 5.15. The Morgan fingerprint density at radius 1 is 0.893 bits per heavy atom. The minimum atomic E-state index is -0.630. The smallest absolute Gasteiger partial charge is 0.331 e. The van der Waals surface area contributed by atoms with Gasteiger partial charge in [-0.1, -0.05) is 43.3 Å². The standard InChI is InChI=1S/C23H23NO4/c1-3-21(25)15-17-23(27)28-18(2)14-16-22(26)24(19-10-6-4-7-11-19)20-12-8-5-9-13-20/h4-18H,3H2,1-2H3/b16-14+,17-15+/t18-/m1/s1. The van der Waals surface area contributed by atoms with Crippen LogP contribution >= 0.6 is 0 Å². The van der Waals surface area contributed by atoms with Crippen LogP contribution in [0, 0.1) is 0 Å². The molecule has 1 amide bonds. The van der Waals surface area contributed by atoms with E-state index in [2.05, 4.69) is 0 Å². The second-order valence-corrected chi connectivity index (χ2v) is 6.00. The van der Waals surface area contributed by atoms with Gasteiger partial charge in [0.15, 0.2) is 5.78 Å². The highest BCUT2D eigenvalue weighted by atomic mass is 16.5. The number of ether oxygens (including phenoxy) is 1. The highest BCUT2D eigenvalue weighted by molar-refractivity contribution is 6.07. The zero-order valence-electron chi connectivity index (χ0n) is 15.9. The number of esters is 1. The molecule has 0 aliphatic heterocycles. The Kier molecular flexibility index (Phi) is 7.91. The number of benzene rings is 2. The highest BCUT2D eigenvalue weighted by Gasteiger charge is 2.15. The van der Waals surface area contributed by atoms with Crippen LogP contribution in [0.5, 0.6) is 0 Å². The second-order valence-electron chi connectivity index (χ2n) is 6.00. The number of carbonyl (C=O) groups is 3. The van der Waals surface area contributed by atoms with Crippen molar-refractivity contribution in [3.05, 3.63) is 85.0 Å². The summed E-state index contributed by atoms with van der Waals surface area (Å²) >= 11 is 0. The molecule has 2 aromatic rings. The number of nitrogens with zero attached hydrogens (tertiary/aromatic N) is 1. The summed E-state index contributed by atoms with van der Waals surface area (Å²) in [5.74, 6) is -1.05. The summed E-state index contributed by atoms with van der Waals surface area (Å²) in [5.41, 5.74) is 1.46. The van der Waals surface area contributed by atoms with Crippen LogP contribution in [0.3, 0.4) is 0 Å². The molecule has 0 bridgehead atoms. The maximum absolute atomic E-state index is 12.8. The van der Waals surface area contributed by atoms with Crippen molar-refractivity contribution in [1.82, 2.24) is 0 Å². The quantitative estimate of drug-likeness (QED) is 0.506. The van der Waals surface area contributed by atoms with Crippen LogP contribution in [0.25, 0.3) is 0 Å². The first-order chi connectivity index (χ1) is 13.5. The van der Waals surface area contributed by atoms with Gasteiger partial charge in [-0.05, 0) is 43.3 Å². The molecule has 0 saturated heterocycles. The van der Waals surface area contributed by atoms with Crippen LogP contribution < -0.4 is 4.90 Å². The maximum atomic E-state index is 12.8. The van der Waals surface area contributed by atoms with Gasteiger partial charge in [-0.2, -0.15) is 0 Å². The molecule has 0 saturated carbocycles. The number of amides is 1. The van der Waals surface area contributed by atoms with Gasteiger partial charge >= 0.3 is 5.97 Å². The van der Waals surface area contributed by atoms with Crippen LogP contribution in [-0.2, 0) is 19.1 Å². The van der Waals surface area contributed by atoms with E-state index in [1.165, 1.54) is 18.2 Å². The zero-order valence-corrected chi connectivity index (χ0v) is 15.9. The molecular formula is C23H23NO4. The van der Waals surface area contributed by atoms with Crippen LogP contribution in [0.15, 0.2) is 85.0 Å². The molecule has 144 valence electrons. The van der Waals surface area contributed by atoms with E-state index in [1.54, 1.807) is 18.7 Å². The van der Waals surface area contributed by atoms with E-state index in [1.807, 2.05) is 60.7 Å². The summed E-state index contributed by atoms with van der Waals surface area (Å²) in [6.45, 7) is 3.35. The number of hydrogen-bond donors (Lipinski definition) is 0. The van der Waals surface area contributed by atoms with Crippen molar-refractivity contribution in [2.24, 2.45) is 0 Å². The van der Waals surface area contributed by atoms with E-state index >= 15 is 0 Å². The molecule has 28 heavy (non-hydrogen) atoms. The topological polar surface area (TPSA) is 63.7 Å².